The second kappa shape index (κ2) is 11.5. The SMILES string of the molecule is CC(C)[C@@H](N)C(=O)O[C@H]1CC[C@@]2(C)C(=CC[C@H]3[C@@H]4CC[C@H]([C@H](C)CCCC(C)(C)O)[C@@]4(C)CC[C@@H]32)C1.Cl. The van der Waals surface area contributed by atoms with E-state index in [-0.39, 0.29) is 35.8 Å². The summed E-state index contributed by atoms with van der Waals surface area (Å²) in [5.41, 5.74) is 7.82. The molecule has 0 spiro atoms. The Morgan fingerprint density at radius 2 is 1.84 bits per heavy atom. The molecule has 214 valence electrons. The Hall–Kier alpha value is -0.580. The van der Waals surface area contributed by atoms with Gasteiger partial charge in [0, 0.05) is 6.42 Å². The minimum atomic E-state index is -0.542. The summed E-state index contributed by atoms with van der Waals surface area (Å²) in [5, 5.41) is 10.2. The van der Waals surface area contributed by atoms with Crippen molar-refractivity contribution in [3.8, 4) is 0 Å². The van der Waals surface area contributed by atoms with Crippen molar-refractivity contribution < 1.29 is 14.6 Å². The van der Waals surface area contributed by atoms with Crippen molar-refractivity contribution >= 4 is 18.4 Å². The highest BCUT2D eigenvalue weighted by Crippen LogP contribution is 2.67. The molecule has 0 amide bonds. The standard InChI is InChI=1S/C32H55NO3.ClH/c1-20(2)28(33)29(34)36-23-14-17-31(6)22(19-23)10-11-24-26-13-12-25(32(26,7)18-15-27(24)31)21(3)9-8-16-30(4,5)35;/h10,20-21,23-28,35H,8-9,11-19,33H2,1-7H3;1H/t21-,23+,24+,25-,26+,27+,28-,31+,32-;/m1./s1. The van der Waals surface area contributed by atoms with Gasteiger partial charge in [0.25, 0.3) is 0 Å². The third kappa shape index (κ3) is 6.12. The molecule has 9 atom stereocenters. The second-order valence-corrected chi connectivity index (χ2v) is 14.7. The highest BCUT2D eigenvalue weighted by atomic mass is 35.5. The molecule has 5 heteroatoms. The Labute approximate surface area is 233 Å². The molecule has 4 aliphatic carbocycles. The van der Waals surface area contributed by atoms with E-state index in [1.807, 2.05) is 27.7 Å². The molecule has 0 aliphatic heterocycles. The van der Waals surface area contributed by atoms with Crippen molar-refractivity contribution in [2.45, 2.75) is 137 Å². The van der Waals surface area contributed by atoms with E-state index in [4.69, 9.17) is 10.5 Å². The minimum Gasteiger partial charge on any atom is -0.461 e. The third-order valence-corrected chi connectivity index (χ3v) is 11.5. The summed E-state index contributed by atoms with van der Waals surface area (Å²) in [5.74, 6) is 3.86. The molecule has 0 unspecified atom stereocenters. The number of hydrogen-bond donors (Lipinski definition) is 2. The van der Waals surface area contributed by atoms with Crippen molar-refractivity contribution in [3.05, 3.63) is 11.6 Å². The van der Waals surface area contributed by atoms with Crippen LogP contribution in [-0.4, -0.2) is 28.8 Å². The number of fused-ring (bicyclic) bond motifs is 5. The third-order valence-electron chi connectivity index (χ3n) is 11.5. The Balaban J connectivity index is 0.00000380. The number of ether oxygens (including phenoxy) is 1. The molecule has 0 bridgehead atoms. The summed E-state index contributed by atoms with van der Waals surface area (Å²) in [7, 11) is 0. The van der Waals surface area contributed by atoms with Gasteiger partial charge in [-0.15, -0.1) is 12.4 Å². The lowest BCUT2D eigenvalue weighted by Crippen LogP contribution is -2.51. The maximum atomic E-state index is 12.5. The van der Waals surface area contributed by atoms with E-state index in [2.05, 4.69) is 26.8 Å². The molecular weight excluding hydrogens is 482 g/mol. The van der Waals surface area contributed by atoms with Crippen molar-refractivity contribution in [3.63, 3.8) is 0 Å². The number of rotatable bonds is 8. The fourth-order valence-corrected chi connectivity index (χ4v) is 9.28. The molecular formula is C32H56ClNO3. The van der Waals surface area contributed by atoms with Gasteiger partial charge in [-0.25, -0.2) is 0 Å². The maximum Gasteiger partial charge on any atom is 0.323 e. The topological polar surface area (TPSA) is 72.6 Å². The average Bonchev–Trinajstić information content (AvgIpc) is 3.15. The van der Waals surface area contributed by atoms with Gasteiger partial charge < -0.3 is 15.6 Å². The van der Waals surface area contributed by atoms with Crippen molar-refractivity contribution in [1.29, 1.82) is 0 Å². The fraction of sp³-hybridized carbons (Fsp3) is 0.906. The molecule has 0 aromatic heterocycles. The maximum absolute atomic E-state index is 12.5. The summed E-state index contributed by atoms with van der Waals surface area (Å²) in [6.45, 7) is 15.5. The molecule has 37 heavy (non-hydrogen) atoms. The number of hydrogen-bond acceptors (Lipinski definition) is 4. The van der Waals surface area contributed by atoms with E-state index < -0.39 is 11.6 Å². The largest absolute Gasteiger partial charge is 0.461 e. The van der Waals surface area contributed by atoms with Crippen LogP contribution >= 0.6 is 12.4 Å². The van der Waals surface area contributed by atoms with E-state index in [1.165, 1.54) is 38.5 Å². The lowest BCUT2D eigenvalue weighted by molar-refractivity contribution is -0.154. The number of esters is 1. The molecule has 4 rings (SSSR count). The van der Waals surface area contributed by atoms with Gasteiger partial charge in [0.2, 0.25) is 0 Å². The van der Waals surface area contributed by atoms with Crippen LogP contribution in [0, 0.1) is 46.3 Å². The van der Waals surface area contributed by atoms with E-state index in [1.54, 1.807) is 5.57 Å². The molecule has 3 saturated carbocycles. The summed E-state index contributed by atoms with van der Waals surface area (Å²) >= 11 is 0. The van der Waals surface area contributed by atoms with Crippen LogP contribution in [0.25, 0.3) is 0 Å². The first-order valence-electron chi connectivity index (χ1n) is 15.1. The van der Waals surface area contributed by atoms with E-state index in [0.717, 1.165) is 61.7 Å². The minimum absolute atomic E-state index is 0. The zero-order valence-electron chi connectivity index (χ0n) is 24.7. The molecule has 0 aromatic rings. The van der Waals surface area contributed by atoms with Gasteiger partial charge in [0.1, 0.15) is 12.1 Å². The predicted octanol–water partition coefficient (Wildman–Crippen LogP) is 7.46. The highest BCUT2D eigenvalue weighted by molar-refractivity contribution is 5.85. The molecule has 3 N–H and O–H groups in total. The Kier molecular flexibility index (Phi) is 9.62. The zero-order chi connectivity index (χ0) is 26.5. The Morgan fingerprint density at radius 3 is 2.49 bits per heavy atom. The number of allylic oxidation sites excluding steroid dienone is 1. The number of aliphatic hydroxyl groups is 1. The number of nitrogens with two attached hydrogens (primary N) is 1. The molecule has 4 nitrogen and oxygen atoms in total. The first-order valence-corrected chi connectivity index (χ1v) is 15.1. The highest BCUT2D eigenvalue weighted by Gasteiger charge is 2.59. The summed E-state index contributed by atoms with van der Waals surface area (Å²) < 4.78 is 5.90. The van der Waals surface area contributed by atoms with Crippen LogP contribution in [-0.2, 0) is 9.53 Å². The van der Waals surface area contributed by atoms with Gasteiger partial charge in [-0.3, -0.25) is 4.79 Å². The van der Waals surface area contributed by atoms with Crippen LogP contribution in [0.3, 0.4) is 0 Å². The van der Waals surface area contributed by atoms with Gasteiger partial charge >= 0.3 is 5.97 Å². The van der Waals surface area contributed by atoms with E-state index in [9.17, 15) is 9.90 Å². The lowest BCUT2D eigenvalue weighted by Gasteiger charge is -2.58. The van der Waals surface area contributed by atoms with Gasteiger partial charge in [0.15, 0.2) is 0 Å². The summed E-state index contributed by atoms with van der Waals surface area (Å²) in [4.78, 5) is 12.5. The molecule has 4 aliphatic rings. The normalized spacial score (nSPS) is 39.0. The lowest BCUT2D eigenvalue weighted by atomic mass is 9.47. The van der Waals surface area contributed by atoms with Crippen molar-refractivity contribution in [2.24, 2.45) is 52.1 Å². The van der Waals surface area contributed by atoms with Gasteiger partial charge in [0.05, 0.1) is 5.60 Å². The molecule has 0 radical (unpaired) electrons. The monoisotopic (exact) mass is 537 g/mol. The molecule has 0 aromatic carbocycles. The van der Waals surface area contributed by atoms with Crippen LogP contribution in [0.2, 0.25) is 0 Å². The summed E-state index contributed by atoms with van der Waals surface area (Å²) in [6.07, 6.45) is 15.5. The number of carbonyl (C=O) groups excluding carboxylic acids is 1. The second-order valence-electron chi connectivity index (χ2n) is 14.7. The number of halogens is 1. The summed E-state index contributed by atoms with van der Waals surface area (Å²) in [6, 6.07) is -0.521. The van der Waals surface area contributed by atoms with Crippen LogP contribution in [0.4, 0.5) is 0 Å². The van der Waals surface area contributed by atoms with Gasteiger partial charge in [-0.2, -0.15) is 0 Å². The predicted molar refractivity (Wildman–Crippen MR) is 154 cm³/mol. The first kappa shape index (κ1) is 31.0. The molecule has 0 saturated heterocycles. The van der Waals surface area contributed by atoms with Crippen LogP contribution in [0.15, 0.2) is 11.6 Å². The Bertz CT molecular complexity index is 834. The quantitative estimate of drug-likeness (QED) is 0.249. The zero-order valence-corrected chi connectivity index (χ0v) is 25.5. The van der Waals surface area contributed by atoms with E-state index >= 15 is 0 Å². The molecule has 3 fully saturated rings. The fourth-order valence-electron chi connectivity index (χ4n) is 9.28. The average molecular weight is 538 g/mol. The van der Waals surface area contributed by atoms with Crippen molar-refractivity contribution in [1.82, 2.24) is 0 Å². The van der Waals surface area contributed by atoms with Crippen LogP contribution in [0.1, 0.15) is 119 Å². The first-order chi connectivity index (χ1) is 16.8. The van der Waals surface area contributed by atoms with Crippen LogP contribution in [0.5, 0.6) is 0 Å². The van der Waals surface area contributed by atoms with Crippen LogP contribution < -0.4 is 5.73 Å². The van der Waals surface area contributed by atoms with Gasteiger partial charge in [-0.05, 0) is 112 Å². The van der Waals surface area contributed by atoms with Gasteiger partial charge in [-0.1, -0.05) is 59.1 Å². The van der Waals surface area contributed by atoms with E-state index in [0.29, 0.717) is 5.41 Å². The smallest absolute Gasteiger partial charge is 0.323 e. The molecule has 0 heterocycles. The number of carbonyl (C=O) groups is 1. The Morgan fingerprint density at radius 1 is 1.14 bits per heavy atom. The van der Waals surface area contributed by atoms with Crippen molar-refractivity contribution in [2.75, 3.05) is 0 Å².